The van der Waals surface area contributed by atoms with Gasteiger partial charge in [-0.1, -0.05) is 25.5 Å². The fourth-order valence-electron chi connectivity index (χ4n) is 2.22. The van der Waals surface area contributed by atoms with Gasteiger partial charge >= 0.3 is 0 Å². The molecule has 1 atom stereocenters. The van der Waals surface area contributed by atoms with Crippen LogP contribution >= 0.6 is 0 Å². The van der Waals surface area contributed by atoms with E-state index in [0.29, 0.717) is 24.3 Å². The molecule has 1 heterocycles. The average Bonchev–Trinajstić information content (AvgIpc) is 2.59. The molecular formula is C13H20N4. The first-order valence-corrected chi connectivity index (χ1v) is 6.46. The van der Waals surface area contributed by atoms with Gasteiger partial charge in [0.25, 0.3) is 0 Å². The van der Waals surface area contributed by atoms with Gasteiger partial charge in [0.2, 0.25) is 0 Å². The van der Waals surface area contributed by atoms with Crippen LogP contribution in [0, 0.1) is 17.2 Å². The minimum Gasteiger partial charge on any atom is -0.246 e. The van der Waals surface area contributed by atoms with E-state index >= 15 is 0 Å². The number of aromatic nitrogens is 3. The molecule has 1 aliphatic rings. The van der Waals surface area contributed by atoms with Crippen molar-refractivity contribution in [1.29, 1.82) is 5.26 Å². The molecule has 0 spiro atoms. The summed E-state index contributed by atoms with van der Waals surface area (Å²) in [6, 6.07) is 2.55. The van der Waals surface area contributed by atoms with Crippen LogP contribution in [0.5, 0.6) is 0 Å². The summed E-state index contributed by atoms with van der Waals surface area (Å²) in [5, 5.41) is 17.3. The monoisotopic (exact) mass is 232 g/mol. The first-order valence-electron chi connectivity index (χ1n) is 6.46. The molecule has 1 aromatic rings. The SMILES string of the molecule is CC(C)C(C)n1nnc(CC#N)c1C1CCC1. The molecular weight excluding hydrogens is 212 g/mol. The molecule has 0 amide bonds. The highest BCUT2D eigenvalue weighted by Crippen LogP contribution is 2.39. The van der Waals surface area contributed by atoms with Crippen LogP contribution in [0.2, 0.25) is 0 Å². The highest BCUT2D eigenvalue weighted by molar-refractivity contribution is 5.21. The van der Waals surface area contributed by atoms with Crippen molar-refractivity contribution in [2.75, 3.05) is 0 Å². The largest absolute Gasteiger partial charge is 0.246 e. The molecule has 2 rings (SSSR count). The maximum Gasteiger partial charge on any atom is 0.100 e. The summed E-state index contributed by atoms with van der Waals surface area (Å²) in [4.78, 5) is 0. The summed E-state index contributed by atoms with van der Waals surface area (Å²) in [5.74, 6) is 1.11. The maximum atomic E-state index is 8.85. The molecule has 0 aromatic carbocycles. The lowest BCUT2D eigenvalue weighted by molar-refractivity contribution is 0.322. The standard InChI is InChI=1S/C13H20N4/c1-9(2)10(3)17-13(11-5-4-6-11)12(7-8-14)15-16-17/h9-11H,4-7H2,1-3H3. The molecule has 0 radical (unpaired) electrons. The second-order valence-electron chi connectivity index (χ2n) is 5.31. The summed E-state index contributed by atoms with van der Waals surface area (Å²) in [6.45, 7) is 6.57. The van der Waals surface area contributed by atoms with Gasteiger partial charge in [-0.15, -0.1) is 5.10 Å². The number of hydrogen-bond donors (Lipinski definition) is 0. The van der Waals surface area contributed by atoms with E-state index in [1.807, 2.05) is 0 Å². The van der Waals surface area contributed by atoms with Crippen LogP contribution in [0.15, 0.2) is 0 Å². The molecule has 92 valence electrons. The Labute approximate surface area is 103 Å². The third kappa shape index (κ3) is 2.19. The second-order valence-corrected chi connectivity index (χ2v) is 5.31. The van der Waals surface area contributed by atoms with Crippen LogP contribution in [0.1, 0.15) is 63.4 Å². The van der Waals surface area contributed by atoms with Gasteiger partial charge in [-0.25, -0.2) is 4.68 Å². The smallest absolute Gasteiger partial charge is 0.100 e. The van der Waals surface area contributed by atoms with Gasteiger partial charge in [0.15, 0.2) is 0 Å². The fourth-order valence-corrected chi connectivity index (χ4v) is 2.22. The van der Waals surface area contributed by atoms with Crippen molar-refractivity contribution >= 4 is 0 Å². The summed E-state index contributed by atoms with van der Waals surface area (Å²) in [6.07, 6.45) is 4.11. The highest BCUT2D eigenvalue weighted by atomic mass is 15.4. The van der Waals surface area contributed by atoms with Crippen molar-refractivity contribution in [1.82, 2.24) is 15.0 Å². The third-order valence-corrected chi connectivity index (χ3v) is 3.89. The van der Waals surface area contributed by atoms with Crippen molar-refractivity contribution in [3.05, 3.63) is 11.4 Å². The van der Waals surface area contributed by atoms with E-state index in [2.05, 4.69) is 41.8 Å². The Morgan fingerprint density at radius 1 is 1.41 bits per heavy atom. The molecule has 1 aliphatic carbocycles. The summed E-state index contributed by atoms with van der Waals surface area (Å²) < 4.78 is 2.06. The Bertz CT molecular complexity index is 423. The van der Waals surface area contributed by atoms with E-state index in [9.17, 15) is 0 Å². The zero-order valence-electron chi connectivity index (χ0n) is 10.8. The minimum absolute atomic E-state index is 0.352. The molecule has 0 aliphatic heterocycles. The van der Waals surface area contributed by atoms with Gasteiger partial charge in [-0.3, -0.25) is 0 Å². The Balaban J connectivity index is 2.34. The third-order valence-electron chi connectivity index (χ3n) is 3.89. The van der Waals surface area contributed by atoms with Gasteiger partial charge in [0.05, 0.1) is 24.2 Å². The lowest BCUT2D eigenvalue weighted by Gasteiger charge is -2.29. The van der Waals surface area contributed by atoms with Crippen molar-refractivity contribution in [3.8, 4) is 6.07 Å². The molecule has 1 unspecified atom stereocenters. The van der Waals surface area contributed by atoms with Crippen LogP contribution in [-0.4, -0.2) is 15.0 Å². The normalized spacial score (nSPS) is 17.8. The van der Waals surface area contributed by atoms with Crippen LogP contribution in [0.4, 0.5) is 0 Å². The van der Waals surface area contributed by atoms with E-state index < -0.39 is 0 Å². The zero-order valence-corrected chi connectivity index (χ0v) is 10.8. The molecule has 1 fully saturated rings. The average molecular weight is 232 g/mol. The molecule has 4 heteroatoms. The molecule has 1 saturated carbocycles. The van der Waals surface area contributed by atoms with E-state index in [1.54, 1.807) is 0 Å². The van der Waals surface area contributed by atoms with Crippen LogP contribution < -0.4 is 0 Å². The predicted octanol–water partition coefficient (Wildman–Crippen LogP) is 2.83. The topological polar surface area (TPSA) is 54.5 Å². The zero-order chi connectivity index (χ0) is 12.4. The Kier molecular flexibility index (Phi) is 3.46. The molecule has 17 heavy (non-hydrogen) atoms. The molecule has 0 N–H and O–H groups in total. The van der Waals surface area contributed by atoms with Crippen molar-refractivity contribution in [2.45, 2.75) is 58.4 Å². The second kappa shape index (κ2) is 4.87. The van der Waals surface area contributed by atoms with E-state index in [-0.39, 0.29) is 0 Å². The van der Waals surface area contributed by atoms with Crippen LogP contribution in [0.25, 0.3) is 0 Å². The Hall–Kier alpha value is -1.37. The molecule has 0 saturated heterocycles. The number of nitrogens with zero attached hydrogens (tertiary/aromatic N) is 4. The van der Waals surface area contributed by atoms with E-state index in [1.165, 1.54) is 25.0 Å². The quantitative estimate of drug-likeness (QED) is 0.802. The van der Waals surface area contributed by atoms with Crippen molar-refractivity contribution < 1.29 is 0 Å². The van der Waals surface area contributed by atoms with Gasteiger partial charge < -0.3 is 0 Å². The van der Waals surface area contributed by atoms with Gasteiger partial charge in [-0.2, -0.15) is 5.26 Å². The number of nitriles is 1. The first-order chi connectivity index (χ1) is 8.15. The van der Waals surface area contributed by atoms with Gasteiger partial charge in [-0.05, 0) is 25.7 Å². The fraction of sp³-hybridized carbons (Fsp3) is 0.769. The van der Waals surface area contributed by atoms with Gasteiger partial charge in [0.1, 0.15) is 5.69 Å². The Morgan fingerprint density at radius 2 is 2.12 bits per heavy atom. The van der Waals surface area contributed by atoms with Crippen molar-refractivity contribution in [2.24, 2.45) is 5.92 Å². The Morgan fingerprint density at radius 3 is 2.59 bits per heavy atom. The minimum atomic E-state index is 0.352. The predicted molar refractivity (Wildman–Crippen MR) is 65.5 cm³/mol. The highest BCUT2D eigenvalue weighted by Gasteiger charge is 2.29. The number of hydrogen-bond acceptors (Lipinski definition) is 3. The maximum absolute atomic E-state index is 8.85. The van der Waals surface area contributed by atoms with E-state index in [0.717, 1.165) is 5.69 Å². The van der Waals surface area contributed by atoms with E-state index in [4.69, 9.17) is 5.26 Å². The molecule has 0 bridgehead atoms. The summed E-state index contributed by atoms with van der Waals surface area (Å²) in [7, 11) is 0. The first kappa shape index (κ1) is 12.1. The molecule has 1 aromatic heterocycles. The number of rotatable bonds is 4. The van der Waals surface area contributed by atoms with Crippen LogP contribution in [-0.2, 0) is 6.42 Å². The molecule has 4 nitrogen and oxygen atoms in total. The van der Waals surface area contributed by atoms with Crippen LogP contribution in [0.3, 0.4) is 0 Å². The lowest BCUT2D eigenvalue weighted by Crippen LogP contribution is -2.21. The van der Waals surface area contributed by atoms with Crippen molar-refractivity contribution in [3.63, 3.8) is 0 Å². The van der Waals surface area contributed by atoms with Gasteiger partial charge in [0, 0.05) is 5.92 Å². The summed E-state index contributed by atoms with van der Waals surface area (Å²) in [5.41, 5.74) is 2.11. The lowest BCUT2D eigenvalue weighted by atomic mass is 9.81. The summed E-state index contributed by atoms with van der Waals surface area (Å²) >= 11 is 0.